The summed E-state index contributed by atoms with van der Waals surface area (Å²) in [6.07, 6.45) is 0. The van der Waals surface area contributed by atoms with Crippen LogP contribution in [0.1, 0.15) is 0 Å². The first kappa shape index (κ1) is 26.9. The summed E-state index contributed by atoms with van der Waals surface area (Å²) >= 11 is 0. The number of benzene rings is 10. The molecule has 0 spiro atoms. The molecule has 0 nitrogen and oxygen atoms in total. The van der Waals surface area contributed by atoms with Crippen molar-refractivity contribution >= 4 is 64.6 Å². The lowest BCUT2D eigenvalue weighted by atomic mass is 9.83. The van der Waals surface area contributed by atoms with Gasteiger partial charge in [-0.3, -0.25) is 0 Å². The molecular formula is C48H30. The third-order valence-electron chi connectivity index (χ3n) is 10.2. The smallest absolute Gasteiger partial charge is 0.00199 e. The standard InChI is InChI=1S/C48H30/c1-2-14-32-27-35(26-25-31(32)13-1)47-41-21-9-11-23-43(41)48(44-24-12-10-22-42(44)47)46-30-36(28-33-15-3-6-18-38(33)46)45-29-34-16-4-5-17-37(34)39-19-7-8-20-40(39)45/h1-30H. The Morgan fingerprint density at radius 1 is 0.208 bits per heavy atom. The predicted octanol–water partition coefficient (Wildman–Crippen LogP) is 13.6. The molecule has 10 rings (SSSR count). The molecule has 0 heterocycles. The van der Waals surface area contributed by atoms with Gasteiger partial charge in [-0.25, -0.2) is 0 Å². The van der Waals surface area contributed by atoms with E-state index in [1.165, 1.54) is 98.0 Å². The highest BCUT2D eigenvalue weighted by molar-refractivity contribution is 6.24. The fraction of sp³-hybridized carbons (Fsp3) is 0. The molecule has 0 radical (unpaired) electrons. The molecule has 10 aromatic rings. The van der Waals surface area contributed by atoms with Gasteiger partial charge in [-0.05, 0) is 122 Å². The Morgan fingerprint density at radius 3 is 1.33 bits per heavy atom. The van der Waals surface area contributed by atoms with Crippen molar-refractivity contribution < 1.29 is 0 Å². The molecule has 0 aliphatic rings. The highest BCUT2D eigenvalue weighted by Crippen LogP contribution is 2.47. The van der Waals surface area contributed by atoms with Crippen LogP contribution in [0.4, 0.5) is 0 Å². The molecule has 0 unspecified atom stereocenters. The monoisotopic (exact) mass is 606 g/mol. The van der Waals surface area contributed by atoms with E-state index in [-0.39, 0.29) is 0 Å². The maximum atomic E-state index is 2.45. The van der Waals surface area contributed by atoms with Crippen molar-refractivity contribution in [1.82, 2.24) is 0 Å². The summed E-state index contributed by atoms with van der Waals surface area (Å²) in [7, 11) is 0. The molecule has 0 atom stereocenters. The predicted molar refractivity (Wildman–Crippen MR) is 208 cm³/mol. The number of hydrogen-bond donors (Lipinski definition) is 0. The molecule has 0 saturated carbocycles. The largest absolute Gasteiger partial charge is 0.0616 e. The van der Waals surface area contributed by atoms with Gasteiger partial charge in [0.1, 0.15) is 0 Å². The second kappa shape index (κ2) is 10.7. The van der Waals surface area contributed by atoms with Crippen LogP contribution in [0.3, 0.4) is 0 Å². The van der Waals surface area contributed by atoms with Crippen molar-refractivity contribution in [2.45, 2.75) is 0 Å². The molecule has 0 fully saturated rings. The lowest BCUT2D eigenvalue weighted by Gasteiger charge is -2.20. The molecule has 0 heteroatoms. The third kappa shape index (κ3) is 4.10. The van der Waals surface area contributed by atoms with Crippen LogP contribution in [-0.2, 0) is 0 Å². The van der Waals surface area contributed by atoms with Crippen molar-refractivity contribution in [3.8, 4) is 33.4 Å². The molecule has 0 amide bonds. The van der Waals surface area contributed by atoms with Crippen LogP contribution < -0.4 is 0 Å². The molecule has 0 aliphatic heterocycles. The minimum Gasteiger partial charge on any atom is -0.0616 e. The fourth-order valence-electron chi connectivity index (χ4n) is 8.04. The Kier molecular flexibility index (Phi) is 5.98. The van der Waals surface area contributed by atoms with Crippen LogP contribution in [0.25, 0.3) is 98.0 Å². The summed E-state index contributed by atoms with van der Waals surface area (Å²) < 4.78 is 0. The van der Waals surface area contributed by atoms with Gasteiger partial charge in [-0.2, -0.15) is 0 Å². The zero-order chi connectivity index (χ0) is 31.6. The van der Waals surface area contributed by atoms with Gasteiger partial charge in [0.15, 0.2) is 0 Å². The highest BCUT2D eigenvalue weighted by atomic mass is 14.2. The van der Waals surface area contributed by atoms with Gasteiger partial charge in [0.05, 0.1) is 0 Å². The maximum Gasteiger partial charge on any atom is -0.00199 e. The first-order valence-electron chi connectivity index (χ1n) is 16.7. The Hall–Kier alpha value is -6.24. The minimum absolute atomic E-state index is 1.23. The molecule has 0 bridgehead atoms. The van der Waals surface area contributed by atoms with E-state index in [1.807, 2.05) is 0 Å². The molecule has 0 N–H and O–H groups in total. The summed E-state index contributed by atoms with van der Waals surface area (Å²) in [5.74, 6) is 0. The maximum absolute atomic E-state index is 2.45. The lowest BCUT2D eigenvalue weighted by molar-refractivity contribution is 1.67. The zero-order valence-electron chi connectivity index (χ0n) is 26.3. The van der Waals surface area contributed by atoms with Gasteiger partial charge >= 0.3 is 0 Å². The fourth-order valence-corrected chi connectivity index (χ4v) is 8.04. The van der Waals surface area contributed by atoms with Crippen molar-refractivity contribution in [3.05, 3.63) is 182 Å². The van der Waals surface area contributed by atoms with Crippen LogP contribution in [0.2, 0.25) is 0 Å². The number of fused-ring (bicyclic) bond motifs is 7. The average molecular weight is 607 g/mol. The average Bonchev–Trinajstić information content (AvgIpc) is 3.16. The Balaban J connectivity index is 1.32. The Bertz CT molecular complexity index is 2830. The second-order valence-electron chi connectivity index (χ2n) is 12.8. The summed E-state index contributed by atoms with van der Waals surface area (Å²) in [4.78, 5) is 0. The van der Waals surface area contributed by atoms with E-state index in [0.29, 0.717) is 0 Å². The van der Waals surface area contributed by atoms with Crippen LogP contribution >= 0.6 is 0 Å². The molecule has 0 aromatic heterocycles. The summed E-state index contributed by atoms with van der Waals surface area (Å²) in [6, 6.07) is 67.2. The quantitative estimate of drug-likeness (QED) is 0.139. The van der Waals surface area contributed by atoms with Crippen molar-refractivity contribution in [2.75, 3.05) is 0 Å². The number of hydrogen-bond acceptors (Lipinski definition) is 0. The van der Waals surface area contributed by atoms with Crippen molar-refractivity contribution in [3.63, 3.8) is 0 Å². The van der Waals surface area contributed by atoms with Gasteiger partial charge in [0.25, 0.3) is 0 Å². The van der Waals surface area contributed by atoms with Crippen molar-refractivity contribution in [2.24, 2.45) is 0 Å². The summed E-state index contributed by atoms with van der Waals surface area (Å²) in [5, 5.41) is 15.2. The first-order valence-corrected chi connectivity index (χ1v) is 16.7. The van der Waals surface area contributed by atoms with E-state index in [2.05, 4.69) is 182 Å². The SMILES string of the molecule is c1ccc2cc(-c3c4ccccc4c(-c4cc(-c5cc6ccccc6c6ccccc56)cc5ccccc45)c4ccccc34)ccc2c1. The van der Waals surface area contributed by atoms with Gasteiger partial charge < -0.3 is 0 Å². The molecule has 0 aliphatic carbocycles. The molecule has 222 valence electrons. The van der Waals surface area contributed by atoms with Gasteiger partial charge in [-0.1, -0.05) is 158 Å². The Morgan fingerprint density at radius 2 is 0.667 bits per heavy atom. The lowest BCUT2D eigenvalue weighted by Crippen LogP contribution is -1.93. The number of rotatable bonds is 3. The Labute approximate surface area is 279 Å². The highest BCUT2D eigenvalue weighted by Gasteiger charge is 2.19. The summed E-state index contributed by atoms with van der Waals surface area (Å²) in [5.41, 5.74) is 7.58. The van der Waals surface area contributed by atoms with Crippen molar-refractivity contribution in [1.29, 1.82) is 0 Å². The van der Waals surface area contributed by atoms with Crippen LogP contribution in [-0.4, -0.2) is 0 Å². The zero-order valence-corrected chi connectivity index (χ0v) is 26.3. The summed E-state index contributed by atoms with van der Waals surface area (Å²) in [6.45, 7) is 0. The molecule has 0 saturated heterocycles. The van der Waals surface area contributed by atoms with E-state index >= 15 is 0 Å². The van der Waals surface area contributed by atoms with E-state index < -0.39 is 0 Å². The van der Waals surface area contributed by atoms with Crippen LogP contribution in [0, 0.1) is 0 Å². The van der Waals surface area contributed by atoms with Gasteiger partial charge in [0.2, 0.25) is 0 Å². The van der Waals surface area contributed by atoms with Crippen LogP contribution in [0.5, 0.6) is 0 Å². The topological polar surface area (TPSA) is 0 Å². The minimum atomic E-state index is 1.23. The molecular weight excluding hydrogens is 577 g/mol. The van der Waals surface area contributed by atoms with Gasteiger partial charge in [0, 0.05) is 0 Å². The van der Waals surface area contributed by atoms with E-state index in [0.717, 1.165) is 0 Å². The molecule has 10 aromatic carbocycles. The third-order valence-corrected chi connectivity index (χ3v) is 10.2. The van der Waals surface area contributed by atoms with E-state index in [1.54, 1.807) is 0 Å². The van der Waals surface area contributed by atoms with E-state index in [4.69, 9.17) is 0 Å². The van der Waals surface area contributed by atoms with E-state index in [9.17, 15) is 0 Å². The normalized spacial score (nSPS) is 11.8. The second-order valence-corrected chi connectivity index (χ2v) is 12.8. The molecule has 48 heavy (non-hydrogen) atoms. The van der Waals surface area contributed by atoms with Crippen LogP contribution in [0.15, 0.2) is 182 Å². The first-order chi connectivity index (χ1) is 23.8. The van der Waals surface area contributed by atoms with Gasteiger partial charge in [-0.15, -0.1) is 0 Å².